The van der Waals surface area contributed by atoms with Crippen LogP contribution in [0.1, 0.15) is 6.23 Å². The number of hydrogen-bond donors (Lipinski definition) is 3. The van der Waals surface area contributed by atoms with Gasteiger partial charge in [-0.05, 0) is 0 Å². The molecule has 2 aromatic heterocycles. The lowest BCUT2D eigenvalue weighted by atomic mass is 10.1. The number of fused-ring (bicyclic) bond motifs is 1. The Morgan fingerprint density at radius 1 is 1.42 bits per heavy atom. The Morgan fingerprint density at radius 3 is 2.89 bits per heavy atom. The zero-order chi connectivity index (χ0) is 13.6. The number of halogens is 1. The van der Waals surface area contributed by atoms with Crippen LogP contribution in [0.2, 0.25) is 0 Å². The van der Waals surface area contributed by atoms with Crippen molar-refractivity contribution in [3.8, 4) is 0 Å². The van der Waals surface area contributed by atoms with Crippen molar-refractivity contribution < 1.29 is 19.3 Å². The number of aromatic nitrogens is 4. The van der Waals surface area contributed by atoms with Crippen molar-refractivity contribution in [3.63, 3.8) is 0 Å². The number of nitrogen functional groups attached to an aromatic ring is 1. The quantitative estimate of drug-likeness (QED) is 0.638. The van der Waals surface area contributed by atoms with Crippen LogP contribution in [-0.4, -0.2) is 54.7 Å². The summed E-state index contributed by atoms with van der Waals surface area (Å²) in [4.78, 5) is 11.8. The molecular formula is C10H12FN5O3. The summed E-state index contributed by atoms with van der Waals surface area (Å²) < 4.78 is 20.6. The number of aliphatic hydroxyl groups excluding tert-OH is 2. The van der Waals surface area contributed by atoms with Gasteiger partial charge in [0.1, 0.15) is 24.1 Å². The van der Waals surface area contributed by atoms with Crippen LogP contribution in [0.4, 0.5) is 10.2 Å². The van der Waals surface area contributed by atoms with Gasteiger partial charge < -0.3 is 20.7 Å². The van der Waals surface area contributed by atoms with Gasteiger partial charge in [0, 0.05) is 0 Å². The maximum atomic E-state index is 14.0. The summed E-state index contributed by atoms with van der Waals surface area (Å²) >= 11 is 0. The van der Waals surface area contributed by atoms with E-state index >= 15 is 0 Å². The summed E-state index contributed by atoms with van der Waals surface area (Å²) in [6.45, 7) is -0.470. The molecule has 0 radical (unpaired) electrons. The number of anilines is 1. The molecule has 2 aromatic rings. The average molecular weight is 268 g/mol. The van der Waals surface area contributed by atoms with Crippen molar-refractivity contribution in [2.45, 2.75) is 24.6 Å². The van der Waals surface area contributed by atoms with Crippen LogP contribution < -0.4 is 5.73 Å². The number of imidazole rings is 1. The summed E-state index contributed by atoms with van der Waals surface area (Å²) in [6, 6.07) is 0. The maximum Gasteiger partial charge on any atom is 0.173 e. The second kappa shape index (κ2) is 4.37. The molecule has 0 aromatic carbocycles. The minimum Gasteiger partial charge on any atom is -0.394 e. The number of nitrogens with zero attached hydrogens (tertiary/aromatic N) is 4. The Hall–Kier alpha value is -1.84. The van der Waals surface area contributed by atoms with Crippen LogP contribution in [0, 0.1) is 0 Å². The highest BCUT2D eigenvalue weighted by atomic mass is 18.2. The Balaban J connectivity index is 2.04. The van der Waals surface area contributed by atoms with Crippen molar-refractivity contribution in [2.75, 3.05) is 12.3 Å². The average Bonchev–Trinajstić information content (AvgIpc) is 2.94. The molecular weight excluding hydrogens is 256 g/mol. The highest BCUT2D eigenvalue weighted by molar-refractivity contribution is 5.81. The fraction of sp³-hybridized carbons (Fsp3) is 0.500. The van der Waals surface area contributed by atoms with Crippen molar-refractivity contribution in [1.82, 2.24) is 19.5 Å². The monoisotopic (exact) mass is 268 g/mol. The van der Waals surface area contributed by atoms with E-state index in [0.29, 0.717) is 11.2 Å². The summed E-state index contributed by atoms with van der Waals surface area (Å²) in [5.41, 5.74) is 6.28. The fourth-order valence-corrected chi connectivity index (χ4v) is 2.13. The van der Waals surface area contributed by atoms with Crippen LogP contribution in [0.5, 0.6) is 0 Å². The fourth-order valence-electron chi connectivity index (χ4n) is 2.13. The largest absolute Gasteiger partial charge is 0.394 e. The Morgan fingerprint density at radius 2 is 2.21 bits per heavy atom. The van der Waals surface area contributed by atoms with Gasteiger partial charge in [0.25, 0.3) is 0 Å². The number of nitrogens with two attached hydrogens (primary N) is 1. The molecule has 0 spiro atoms. The van der Waals surface area contributed by atoms with E-state index in [0.717, 1.165) is 0 Å². The van der Waals surface area contributed by atoms with E-state index in [9.17, 15) is 9.50 Å². The summed E-state index contributed by atoms with van der Waals surface area (Å²) in [5.74, 6) is 0.177. The SMILES string of the molecule is Nc1ncnc2c1ncn2[C@@H]1O[C@H](CO)[C@@H](O)[C@@H]1[18F]. The first kappa shape index (κ1) is 12.2. The van der Waals surface area contributed by atoms with E-state index in [2.05, 4.69) is 15.0 Å². The molecule has 102 valence electrons. The summed E-state index contributed by atoms with van der Waals surface area (Å²) in [5, 5.41) is 18.6. The highest BCUT2D eigenvalue weighted by Crippen LogP contribution is 2.33. The minimum absolute atomic E-state index is 0.177. The second-order valence-electron chi connectivity index (χ2n) is 4.27. The molecule has 4 N–H and O–H groups in total. The molecule has 1 aliphatic heterocycles. The van der Waals surface area contributed by atoms with Crippen LogP contribution in [0.25, 0.3) is 11.2 Å². The normalized spacial score (nSPS) is 31.1. The second-order valence-corrected chi connectivity index (χ2v) is 4.27. The van der Waals surface area contributed by atoms with Crippen LogP contribution in [0.3, 0.4) is 0 Å². The third-order valence-corrected chi connectivity index (χ3v) is 3.13. The zero-order valence-corrected chi connectivity index (χ0v) is 9.72. The topological polar surface area (TPSA) is 119 Å². The smallest absolute Gasteiger partial charge is 0.173 e. The molecule has 1 fully saturated rings. The number of hydrogen-bond acceptors (Lipinski definition) is 7. The van der Waals surface area contributed by atoms with Crippen molar-refractivity contribution in [3.05, 3.63) is 12.7 Å². The molecule has 0 aliphatic carbocycles. The predicted molar refractivity (Wildman–Crippen MR) is 61.6 cm³/mol. The van der Waals surface area contributed by atoms with Crippen molar-refractivity contribution >= 4 is 17.0 Å². The zero-order valence-electron chi connectivity index (χ0n) is 9.72. The molecule has 19 heavy (non-hydrogen) atoms. The van der Waals surface area contributed by atoms with Gasteiger partial charge in [-0.2, -0.15) is 0 Å². The van der Waals surface area contributed by atoms with Gasteiger partial charge >= 0.3 is 0 Å². The Kier molecular flexibility index (Phi) is 2.81. The van der Waals surface area contributed by atoms with Gasteiger partial charge in [-0.1, -0.05) is 0 Å². The van der Waals surface area contributed by atoms with Crippen LogP contribution in [-0.2, 0) is 4.74 Å². The molecule has 0 unspecified atom stereocenters. The third-order valence-electron chi connectivity index (χ3n) is 3.13. The van der Waals surface area contributed by atoms with E-state index in [1.54, 1.807) is 0 Å². The van der Waals surface area contributed by atoms with Gasteiger partial charge in [0.2, 0.25) is 0 Å². The minimum atomic E-state index is -1.69. The van der Waals surface area contributed by atoms with E-state index in [1.165, 1.54) is 17.2 Å². The third kappa shape index (κ3) is 1.74. The molecule has 1 saturated heterocycles. The first-order valence-corrected chi connectivity index (χ1v) is 5.65. The molecule has 4 atom stereocenters. The number of aliphatic hydroxyl groups is 2. The van der Waals surface area contributed by atoms with Crippen molar-refractivity contribution in [1.29, 1.82) is 0 Å². The van der Waals surface area contributed by atoms with Crippen LogP contribution >= 0.6 is 0 Å². The summed E-state index contributed by atoms with van der Waals surface area (Å²) in [6.07, 6.45) is -2.61. The van der Waals surface area contributed by atoms with Gasteiger partial charge in [-0.25, -0.2) is 19.3 Å². The van der Waals surface area contributed by atoms with Gasteiger partial charge in [-0.3, -0.25) is 4.57 Å². The van der Waals surface area contributed by atoms with E-state index in [-0.39, 0.29) is 5.82 Å². The lowest BCUT2D eigenvalue weighted by molar-refractivity contribution is -0.0459. The molecule has 3 heterocycles. The lowest BCUT2D eigenvalue weighted by Crippen LogP contribution is -2.30. The molecule has 3 rings (SSSR count). The highest BCUT2D eigenvalue weighted by Gasteiger charge is 2.45. The molecule has 0 amide bonds. The van der Waals surface area contributed by atoms with Crippen molar-refractivity contribution in [2.24, 2.45) is 0 Å². The number of alkyl halides is 1. The first-order valence-electron chi connectivity index (χ1n) is 5.65. The first-order chi connectivity index (χ1) is 9.13. The van der Waals surface area contributed by atoms with Gasteiger partial charge in [0.05, 0.1) is 12.9 Å². The molecule has 8 nitrogen and oxygen atoms in total. The van der Waals surface area contributed by atoms with Crippen LogP contribution in [0.15, 0.2) is 12.7 Å². The Bertz CT molecular complexity index is 606. The van der Waals surface area contributed by atoms with E-state index in [1.807, 2.05) is 0 Å². The maximum absolute atomic E-state index is 14.0. The number of ether oxygens (including phenoxy) is 1. The molecule has 9 heteroatoms. The van der Waals surface area contributed by atoms with Gasteiger partial charge in [0.15, 0.2) is 23.9 Å². The molecule has 0 saturated carbocycles. The number of rotatable bonds is 2. The summed E-state index contributed by atoms with van der Waals surface area (Å²) in [7, 11) is 0. The lowest BCUT2D eigenvalue weighted by Gasteiger charge is -2.14. The standard InChI is InChI=1S/C10H12FN5O3/c11-5-7(18)4(1-17)19-10(5)16-3-15-6-8(12)13-2-14-9(6)16/h2-5,7,10,17-18H,1H2,(H2,12,13,14)/t4-,5+,7-,10-/m1/s1/i11-1. The Labute approximate surface area is 106 Å². The van der Waals surface area contributed by atoms with Gasteiger partial charge in [-0.15, -0.1) is 0 Å². The predicted octanol–water partition coefficient (Wildman–Crippen LogP) is -1.00. The van der Waals surface area contributed by atoms with E-state index in [4.69, 9.17) is 15.6 Å². The van der Waals surface area contributed by atoms with E-state index < -0.39 is 31.2 Å². The molecule has 1 aliphatic rings. The molecule has 0 bridgehead atoms.